The molecule has 0 fully saturated rings. The Morgan fingerprint density at radius 1 is 2.00 bits per heavy atom. The van der Waals surface area contributed by atoms with E-state index in [2.05, 4.69) is 0 Å². The van der Waals surface area contributed by atoms with Crippen LogP contribution in [0, 0.1) is 0 Å². The van der Waals surface area contributed by atoms with E-state index in [0.29, 0.717) is 23.0 Å². The van der Waals surface area contributed by atoms with Crippen LogP contribution in [0.15, 0.2) is 0 Å². The molecule has 0 heterocycles. The summed E-state index contributed by atoms with van der Waals surface area (Å²) in [5.74, 6) is 0. The van der Waals surface area contributed by atoms with Gasteiger partial charge < -0.3 is 0 Å². The molecule has 0 unspecified atom stereocenters. The molecule has 0 saturated heterocycles. The van der Waals surface area contributed by atoms with E-state index in [1.807, 2.05) is 0 Å². The van der Waals surface area contributed by atoms with Gasteiger partial charge in [0.05, 0.1) is 0 Å². The molecule has 0 aromatic rings. The van der Waals surface area contributed by atoms with Crippen molar-refractivity contribution in [2.75, 3.05) is 0 Å². The van der Waals surface area contributed by atoms with Gasteiger partial charge in [-0.15, -0.1) is 0 Å². The monoisotopic (exact) mass is 168 g/mol. The van der Waals surface area contributed by atoms with Gasteiger partial charge in [-0.25, -0.2) is 0 Å². The molecule has 0 aliphatic heterocycles. The summed E-state index contributed by atoms with van der Waals surface area (Å²) in [4.78, 5) is 9.06. The maximum atomic E-state index is 9.06. The zero-order valence-corrected chi connectivity index (χ0v) is 5.23. The molecule has 0 amide bonds. The molecule has 0 spiro atoms. The van der Waals surface area contributed by atoms with Crippen LogP contribution in [0.3, 0.4) is 0 Å². The number of hydrogen-bond acceptors (Lipinski definition) is 1. The number of rotatable bonds is 0. The summed E-state index contributed by atoms with van der Waals surface area (Å²) in [7, 11) is 0. The van der Waals surface area contributed by atoms with Gasteiger partial charge in [0.1, 0.15) is 0 Å². The minimum absolute atomic E-state index is 0.318. The molecule has 0 aromatic carbocycles. The molecular formula is CH3O2Sb. The number of hydrogen-bond donors (Lipinski definition) is 1. The minimum atomic E-state index is -0.703. The third-order valence-electron chi connectivity index (χ3n) is 0. The average Bonchev–Trinajstić information content (AvgIpc) is 0.811. The predicted molar refractivity (Wildman–Crippen MR) is 16.6 cm³/mol. The van der Waals surface area contributed by atoms with Gasteiger partial charge in [-0.1, -0.05) is 0 Å². The van der Waals surface area contributed by atoms with Crippen molar-refractivity contribution in [3.8, 4) is 0 Å². The molecule has 0 bridgehead atoms. The van der Waals surface area contributed by atoms with Crippen LogP contribution >= 0.6 is 0 Å². The number of carboxylic acid groups (broad SMARTS) is 1. The third kappa shape index (κ3) is 45.7. The van der Waals surface area contributed by atoms with Gasteiger partial charge in [-0.3, -0.25) is 0 Å². The summed E-state index contributed by atoms with van der Waals surface area (Å²) in [6.07, 6.45) is 0. The van der Waals surface area contributed by atoms with Gasteiger partial charge >= 0.3 is 36.8 Å². The second kappa shape index (κ2) is 1.59. The Morgan fingerprint density at radius 3 is 2.00 bits per heavy atom. The van der Waals surface area contributed by atoms with Crippen molar-refractivity contribution in [1.82, 2.24) is 0 Å². The fourth-order valence-electron chi connectivity index (χ4n) is 0. The van der Waals surface area contributed by atoms with Crippen molar-refractivity contribution >= 4 is 26.9 Å². The van der Waals surface area contributed by atoms with Gasteiger partial charge in [-0.2, -0.15) is 0 Å². The zero-order valence-electron chi connectivity index (χ0n) is 1.93. The molecule has 24 valence electrons. The van der Waals surface area contributed by atoms with Gasteiger partial charge in [0.15, 0.2) is 0 Å². The van der Waals surface area contributed by atoms with E-state index in [1.165, 1.54) is 0 Å². The fraction of sp³-hybridized carbons (Fsp3) is 0. The van der Waals surface area contributed by atoms with Crippen molar-refractivity contribution in [2.24, 2.45) is 0 Å². The van der Waals surface area contributed by atoms with Crippen molar-refractivity contribution in [3.63, 3.8) is 0 Å². The molecule has 4 heavy (non-hydrogen) atoms. The second-order valence-electron chi connectivity index (χ2n) is 0.338. The average molecular weight is 169 g/mol. The summed E-state index contributed by atoms with van der Waals surface area (Å²) < 4.78 is -0.703. The molecule has 1 N–H and O–H groups in total. The standard InChI is InChI=1S/CHO2.Sb.2H/c2-1-3;;;/h(H,2,3);;;. The molecule has 0 atom stereocenters. The first-order chi connectivity index (χ1) is 1.73. The summed E-state index contributed by atoms with van der Waals surface area (Å²) in [5.41, 5.74) is 0. The maximum absolute atomic E-state index is 9.06. The third-order valence-corrected chi connectivity index (χ3v) is 0. The Hall–Kier alpha value is 0.288. The fourth-order valence-corrected chi connectivity index (χ4v) is 0. The zero-order chi connectivity index (χ0) is 3.58. The molecule has 2 nitrogen and oxygen atoms in total. The first-order valence-corrected chi connectivity index (χ1v) is 2.36. The van der Waals surface area contributed by atoms with Crippen LogP contribution in [-0.2, 0) is 0 Å². The summed E-state index contributed by atoms with van der Waals surface area (Å²) in [6, 6.07) is 0. The van der Waals surface area contributed by atoms with Crippen LogP contribution in [0.25, 0.3) is 0 Å². The van der Waals surface area contributed by atoms with Crippen LogP contribution in [0.5, 0.6) is 0 Å². The van der Waals surface area contributed by atoms with Crippen molar-refractivity contribution in [2.45, 2.75) is 0 Å². The van der Waals surface area contributed by atoms with E-state index in [9.17, 15) is 0 Å². The normalized spacial score (nSPS) is 6.25. The Balaban J connectivity index is 2.80. The second-order valence-corrected chi connectivity index (χ2v) is 1.75. The Kier molecular flexibility index (Phi) is 1.71. The number of carbonyl (C=O) groups is 1. The first kappa shape index (κ1) is 4.29. The molecule has 0 saturated carbocycles. The van der Waals surface area contributed by atoms with Crippen LogP contribution in [0.2, 0.25) is 0 Å². The van der Waals surface area contributed by atoms with E-state index >= 15 is 0 Å². The van der Waals surface area contributed by atoms with E-state index in [4.69, 9.17) is 9.90 Å². The summed E-state index contributed by atoms with van der Waals surface area (Å²) in [6.45, 7) is 0. The Morgan fingerprint density at radius 2 is 2.00 bits per heavy atom. The van der Waals surface area contributed by atoms with E-state index in [0.717, 1.165) is 0 Å². The molecule has 0 radical (unpaired) electrons. The molecule has 0 aliphatic carbocycles. The summed E-state index contributed by atoms with van der Waals surface area (Å²) in [5, 5.41) is 7.47. The molecule has 3 heteroatoms. The molecule has 0 aliphatic rings. The molecule has 0 rings (SSSR count). The SMILES string of the molecule is O=[C](O)[SbH2]. The quantitative estimate of drug-likeness (QED) is 0.486. The molecule has 0 aromatic heterocycles. The van der Waals surface area contributed by atoms with Gasteiger partial charge in [0.2, 0.25) is 0 Å². The van der Waals surface area contributed by atoms with Crippen LogP contribution in [0.4, 0.5) is 4.79 Å². The van der Waals surface area contributed by atoms with Gasteiger partial charge in [0.25, 0.3) is 0 Å². The Bertz CT molecular complexity index is 29.0. The van der Waals surface area contributed by atoms with Crippen molar-refractivity contribution in [1.29, 1.82) is 0 Å². The van der Waals surface area contributed by atoms with E-state index in [-0.39, 0.29) is 0 Å². The summed E-state index contributed by atoms with van der Waals surface area (Å²) >= 11 is 0.318. The Labute approximate surface area is 37.3 Å². The predicted octanol–water partition coefficient (Wildman–Crippen LogP) is -0.703. The van der Waals surface area contributed by atoms with Crippen molar-refractivity contribution < 1.29 is 9.90 Å². The van der Waals surface area contributed by atoms with Crippen LogP contribution < -0.4 is 0 Å². The van der Waals surface area contributed by atoms with E-state index < -0.39 is 3.92 Å². The topological polar surface area (TPSA) is 37.3 Å². The van der Waals surface area contributed by atoms with Gasteiger partial charge in [-0.05, 0) is 0 Å². The van der Waals surface area contributed by atoms with Gasteiger partial charge in [0, 0.05) is 0 Å². The first-order valence-electron chi connectivity index (χ1n) is 0.716. The van der Waals surface area contributed by atoms with Crippen LogP contribution in [-0.4, -0.2) is 32.0 Å². The molecular weight excluding hydrogens is 166 g/mol. The van der Waals surface area contributed by atoms with Crippen LogP contribution in [0.1, 0.15) is 0 Å². The van der Waals surface area contributed by atoms with E-state index in [1.54, 1.807) is 0 Å². The van der Waals surface area contributed by atoms with Crippen molar-refractivity contribution in [3.05, 3.63) is 0 Å².